The smallest absolute Gasteiger partial charge is 0.200 e. The Bertz CT molecular complexity index is 697. The van der Waals surface area contributed by atoms with Crippen molar-refractivity contribution in [1.82, 2.24) is 0 Å². The quantitative estimate of drug-likeness (QED) is 0.324. The van der Waals surface area contributed by atoms with Crippen LogP contribution in [0.2, 0.25) is 0 Å². The van der Waals surface area contributed by atoms with Crippen LogP contribution in [-0.4, -0.2) is 5.60 Å². The molecule has 3 rings (SSSR count). The van der Waals surface area contributed by atoms with E-state index in [0.717, 1.165) is 69.1 Å². The second-order valence-corrected chi connectivity index (χ2v) is 11.3. The van der Waals surface area contributed by atoms with Crippen molar-refractivity contribution in [3.63, 3.8) is 0 Å². The van der Waals surface area contributed by atoms with Gasteiger partial charge in [0.1, 0.15) is 5.60 Å². The Morgan fingerprint density at radius 3 is 2.03 bits per heavy atom. The van der Waals surface area contributed by atoms with Gasteiger partial charge in [0.25, 0.3) is 0 Å². The van der Waals surface area contributed by atoms with Gasteiger partial charge in [-0.25, -0.2) is 4.39 Å². The number of hydrogen-bond acceptors (Lipinski definition) is 1. The van der Waals surface area contributed by atoms with Gasteiger partial charge in [0.15, 0.2) is 11.6 Å². The molecule has 0 atom stereocenters. The molecule has 1 nitrogen and oxygen atoms in total. The first-order valence-corrected chi connectivity index (χ1v) is 13.5. The summed E-state index contributed by atoms with van der Waals surface area (Å²) < 4.78 is 35.9. The lowest BCUT2D eigenvalue weighted by molar-refractivity contribution is 0.0897. The fourth-order valence-corrected chi connectivity index (χ4v) is 6.35. The first-order valence-electron chi connectivity index (χ1n) is 13.5. The second kappa shape index (κ2) is 11.8. The van der Waals surface area contributed by atoms with Crippen LogP contribution in [0.5, 0.6) is 5.75 Å². The molecule has 32 heavy (non-hydrogen) atoms. The van der Waals surface area contributed by atoms with Gasteiger partial charge in [-0.15, -0.1) is 0 Å². The summed E-state index contributed by atoms with van der Waals surface area (Å²) in [4.78, 5) is 0. The predicted octanol–water partition coefficient (Wildman–Crippen LogP) is 9.58. The van der Waals surface area contributed by atoms with E-state index in [1.807, 2.05) is 13.8 Å². The van der Waals surface area contributed by atoms with Crippen molar-refractivity contribution in [2.45, 2.75) is 129 Å². The van der Waals surface area contributed by atoms with Crippen LogP contribution < -0.4 is 4.74 Å². The van der Waals surface area contributed by atoms with Gasteiger partial charge in [0.2, 0.25) is 5.82 Å². The summed E-state index contributed by atoms with van der Waals surface area (Å²) in [6.07, 6.45) is 16.7. The summed E-state index contributed by atoms with van der Waals surface area (Å²) in [6.45, 7) is 8.38. The minimum absolute atomic E-state index is 0.0604. The molecule has 0 aliphatic heterocycles. The van der Waals surface area contributed by atoms with E-state index in [4.69, 9.17) is 4.74 Å². The Hall–Kier alpha value is -1.12. The Balaban J connectivity index is 1.55. The number of benzene rings is 1. The molecule has 2 aliphatic carbocycles. The molecule has 0 unspecified atom stereocenters. The van der Waals surface area contributed by atoms with Crippen LogP contribution in [0, 0.1) is 29.4 Å². The van der Waals surface area contributed by atoms with Crippen molar-refractivity contribution >= 4 is 0 Å². The third kappa shape index (κ3) is 6.70. The van der Waals surface area contributed by atoms with E-state index < -0.39 is 17.2 Å². The highest BCUT2D eigenvalue weighted by Gasteiger charge is 2.33. The van der Waals surface area contributed by atoms with Gasteiger partial charge in [-0.05, 0) is 101 Å². The highest BCUT2D eigenvalue weighted by Crippen LogP contribution is 2.45. The highest BCUT2D eigenvalue weighted by atomic mass is 19.2. The van der Waals surface area contributed by atoms with Gasteiger partial charge in [-0.1, -0.05) is 58.4 Å². The SMILES string of the molecule is CCCCCC(C)(C)Oc1ccc(C2CCC(C3CCC(CCC)CC3)CC2)c(F)c1F. The Kier molecular flexibility index (Phi) is 9.44. The van der Waals surface area contributed by atoms with Gasteiger partial charge in [-0.3, -0.25) is 0 Å². The lowest BCUT2D eigenvalue weighted by Gasteiger charge is -2.38. The first-order chi connectivity index (χ1) is 15.3. The standard InChI is InChI=1S/C29H46F2O/c1-5-7-8-20-29(3,4)32-26-19-18-25(27(30)28(26)31)24-16-14-23(15-17-24)22-12-10-21(9-6-2)11-13-22/h18-19,21-24H,5-17,20H2,1-4H3. The zero-order chi connectivity index (χ0) is 23.1. The largest absolute Gasteiger partial charge is 0.485 e. The van der Waals surface area contributed by atoms with E-state index in [9.17, 15) is 4.39 Å². The molecule has 0 spiro atoms. The molecule has 0 amide bonds. The summed E-state index contributed by atoms with van der Waals surface area (Å²) in [6, 6.07) is 3.45. The third-order valence-electron chi connectivity index (χ3n) is 8.31. The third-order valence-corrected chi connectivity index (χ3v) is 8.31. The van der Waals surface area contributed by atoms with Crippen LogP contribution in [0.3, 0.4) is 0 Å². The maximum absolute atomic E-state index is 15.0. The van der Waals surface area contributed by atoms with Crippen LogP contribution in [0.25, 0.3) is 0 Å². The van der Waals surface area contributed by atoms with Gasteiger partial charge < -0.3 is 4.74 Å². The molecule has 2 fully saturated rings. The van der Waals surface area contributed by atoms with Gasteiger partial charge >= 0.3 is 0 Å². The van der Waals surface area contributed by atoms with Crippen LogP contribution in [0.15, 0.2) is 12.1 Å². The van der Waals surface area contributed by atoms with Crippen LogP contribution in [-0.2, 0) is 0 Å². The zero-order valence-corrected chi connectivity index (χ0v) is 21.0. The maximum atomic E-state index is 15.0. The first kappa shape index (κ1) is 25.5. The molecule has 3 heteroatoms. The van der Waals surface area contributed by atoms with Crippen molar-refractivity contribution < 1.29 is 13.5 Å². The summed E-state index contributed by atoms with van der Waals surface area (Å²) >= 11 is 0. The number of halogens is 2. The van der Waals surface area contributed by atoms with Crippen molar-refractivity contribution in [1.29, 1.82) is 0 Å². The Labute approximate surface area is 195 Å². The average Bonchev–Trinajstić information content (AvgIpc) is 2.78. The Morgan fingerprint density at radius 1 is 0.812 bits per heavy atom. The predicted molar refractivity (Wildman–Crippen MR) is 130 cm³/mol. The highest BCUT2D eigenvalue weighted by molar-refractivity contribution is 5.33. The molecular weight excluding hydrogens is 402 g/mol. The molecular formula is C29H46F2O. The lowest BCUT2D eigenvalue weighted by atomic mass is 9.68. The van der Waals surface area contributed by atoms with E-state index in [1.165, 1.54) is 38.5 Å². The second-order valence-electron chi connectivity index (χ2n) is 11.3. The van der Waals surface area contributed by atoms with E-state index >= 15 is 4.39 Å². The number of hydrogen-bond donors (Lipinski definition) is 0. The summed E-state index contributed by atoms with van der Waals surface area (Å²) in [5, 5.41) is 0. The topological polar surface area (TPSA) is 9.23 Å². The minimum atomic E-state index is -0.803. The molecule has 0 bridgehead atoms. The zero-order valence-electron chi connectivity index (χ0n) is 21.0. The number of unbranched alkanes of at least 4 members (excludes halogenated alkanes) is 2. The molecule has 0 N–H and O–H groups in total. The maximum Gasteiger partial charge on any atom is 0.200 e. The number of ether oxygens (including phenoxy) is 1. The van der Waals surface area contributed by atoms with Crippen LogP contribution >= 0.6 is 0 Å². The summed E-state index contributed by atoms with van der Waals surface area (Å²) in [5.41, 5.74) is 0.0711. The molecule has 0 radical (unpaired) electrons. The van der Waals surface area contributed by atoms with Crippen LogP contribution in [0.1, 0.15) is 129 Å². The Morgan fingerprint density at radius 2 is 1.44 bits per heavy atom. The van der Waals surface area contributed by atoms with Gasteiger partial charge in [0.05, 0.1) is 0 Å². The minimum Gasteiger partial charge on any atom is -0.485 e. The van der Waals surface area contributed by atoms with Gasteiger partial charge in [0, 0.05) is 0 Å². The summed E-state index contributed by atoms with van der Waals surface area (Å²) in [5.74, 6) is 1.30. The van der Waals surface area contributed by atoms with E-state index in [1.54, 1.807) is 12.1 Å². The van der Waals surface area contributed by atoms with Crippen molar-refractivity contribution in [3.8, 4) is 5.75 Å². The number of rotatable bonds is 10. The van der Waals surface area contributed by atoms with Crippen LogP contribution in [0.4, 0.5) is 8.78 Å². The van der Waals surface area contributed by atoms with Crippen molar-refractivity contribution in [2.75, 3.05) is 0 Å². The molecule has 0 saturated heterocycles. The molecule has 2 saturated carbocycles. The summed E-state index contributed by atoms with van der Waals surface area (Å²) in [7, 11) is 0. The molecule has 1 aromatic rings. The molecule has 0 heterocycles. The fraction of sp³-hybridized carbons (Fsp3) is 0.793. The fourth-order valence-electron chi connectivity index (χ4n) is 6.35. The average molecular weight is 449 g/mol. The van der Waals surface area contributed by atoms with E-state index in [-0.39, 0.29) is 11.7 Å². The molecule has 182 valence electrons. The van der Waals surface area contributed by atoms with Crippen molar-refractivity contribution in [2.24, 2.45) is 17.8 Å². The molecule has 2 aliphatic rings. The molecule has 0 aromatic heterocycles. The monoisotopic (exact) mass is 448 g/mol. The normalized spacial score (nSPS) is 26.8. The van der Waals surface area contributed by atoms with Crippen molar-refractivity contribution in [3.05, 3.63) is 29.3 Å². The van der Waals surface area contributed by atoms with E-state index in [2.05, 4.69) is 13.8 Å². The van der Waals surface area contributed by atoms with Gasteiger partial charge in [-0.2, -0.15) is 4.39 Å². The lowest BCUT2D eigenvalue weighted by Crippen LogP contribution is -2.29. The molecule has 1 aromatic carbocycles. The van der Waals surface area contributed by atoms with E-state index in [0.29, 0.717) is 5.56 Å².